The summed E-state index contributed by atoms with van der Waals surface area (Å²) in [5.41, 5.74) is 0.102. The molecular weight excluding hydrogens is 241 g/mol. The van der Waals surface area contributed by atoms with Crippen LogP contribution >= 0.6 is 11.6 Å². The van der Waals surface area contributed by atoms with Crippen LogP contribution < -0.4 is 0 Å². The van der Waals surface area contributed by atoms with Crippen molar-refractivity contribution in [1.29, 1.82) is 0 Å². The van der Waals surface area contributed by atoms with E-state index in [0.29, 0.717) is 17.0 Å². The number of carbonyl (C=O) groups excluding carboxylic acids is 1. The summed E-state index contributed by atoms with van der Waals surface area (Å²) in [7, 11) is 0. The van der Waals surface area contributed by atoms with Gasteiger partial charge in [0, 0.05) is 17.6 Å². The topological polar surface area (TPSA) is 20.3 Å². The number of carbonyl (C=O) groups is 1. The molecule has 2 aliphatic rings. The van der Waals surface area contributed by atoms with Crippen molar-refractivity contribution >= 4 is 17.5 Å². The Morgan fingerprint density at radius 3 is 2.88 bits per heavy atom. The average Bonchev–Trinajstić information content (AvgIpc) is 2.93. The van der Waals surface area contributed by atoms with Crippen molar-refractivity contribution in [3.05, 3.63) is 34.6 Å². The van der Waals surface area contributed by atoms with Gasteiger partial charge in [-0.05, 0) is 43.4 Å². The highest BCUT2D eigenvalue weighted by atomic mass is 35.5. The van der Waals surface area contributed by atoms with Gasteiger partial charge < -0.3 is 4.90 Å². The summed E-state index contributed by atoms with van der Waals surface area (Å²) in [5.74, 6) is -0.0782. The molecule has 0 aromatic heterocycles. The van der Waals surface area contributed by atoms with Crippen LogP contribution in [0.3, 0.4) is 0 Å². The molecule has 2 atom stereocenters. The van der Waals surface area contributed by atoms with Gasteiger partial charge in [-0.25, -0.2) is 4.39 Å². The number of hydrogen-bond acceptors (Lipinski definition) is 1. The highest BCUT2D eigenvalue weighted by molar-refractivity contribution is 6.31. The second-order valence-corrected chi connectivity index (χ2v) is 5.35. The maximum atomic E-state index is 13.6. The Bertz CT molecular complexity index is 476. The number of piperidine rings is 1. The van der Waals surface area contributed by atoms with Crippen molar-refractivity contribution in [1.82, 2.24) is 4.90 Å². The zero-order valence-corrected chi connectivity index (χ0v) is 10.1. The monoisotopic (exact) mass is 253 g/mol. The van der Waals surface area contributed by atoms with Gasteiger partial charge in [0.25, 0.3) is 5.91 Å². The van der Waals surface area contributed by atoms with E-state index in [1.807, 2.05) is 4.90 Å². The van der Waals surface area contributed by atoms with Crippen molar-refractivity contribution in [3.63, 3.8) is 0 Å². The zero-order valence-electron chi connectivity index (χ0n) is 9.33. The molecular formula is C13H13ClFNO. The van der Waals surface area contributed by atoms with Crippen LogP contribution in [0.2, 0.25) is 5.02 Å². The molecule has 1 aliphatic heterocycles. The minimum absolute atomic E-state index is 0.102. The predicted octanol–water partition coefficient (Wildman–Crippen LogP) is 3.10. The number of nitrogens with zero attached hydrogens (tertiary/aromatic N) is 1. The van der Waals surface area contributed by atoms with E-state index in [1.54, 1.807) is 0 Å². The first-order valence-corrected chi connectivity index (χ1v) is 6.29. The fraction of sp³-hybridized carbons (Fsp3) is 0.462. The van der Waals surface area contributed by atoms with Crippen molar-refractivity contribution in [2.75, 3.05) is 6.54 Å². The standard InChI is InChI=1S/C13H13ClFNO/c14-9-2-4-12(15)11(6-9)13(17)16-7-8-1-3-10(16)5-8/h2,4,6,8,10H,1,3,5,7H2. The number of hydrogen-bond donors (Lipinski definition) is 0. The van der Waals surface area contributed by atoms with Crippen molar-refractivity contribution in [2.45, 2.75) is 25.3 Å². The second-order valence-electron chi connectivity index (χ2n) is 4.91. The summed E-state index contributed by atoms with van der Waals surface area (Å²) >= 11 is 5.81. The van der Waals surface area contributed by atoms with Crippen molar-refractivity contribution in [2.24, 2.45) is 5.92 Å². The summed E-state index contributed by atoms with van der Waals surface area (Å²) in [6, 6.07) is 4.45. The van der Waals surface area contributed by atoms with Gasteiger partial charge in [-0.1, -0.05) is 11.6 Å². The largest absolute Gasteiger partial charge is 0.335 e. The zero-order chi connectivity index (χ0) is 12.0. The molecule has 1 saturated heterocycles. The second kappa shape index (κ2) is 3.98. The minimum atomic E-state index is -0.484. The summed E-state index contributed by atoms with van der Waals surface area (Å²) in [6.45, 7) is 0.773. The van der Waals surface area contributed by atoms with Gasteiger partial charge in [-0.15, -0.1) is 0 Å². The lowest BCUT2D eigenvalue weighted by atomic mass is 10.1. The molecule has 0 radical (unpaired) electrons. The van der Waals surface area contributed by atoms with Gasteiger partial charge >= 0.3 is 0 Å². The number of halogens is 2. The Morgan fingerprint density at radius 2 is 2.24 bits per heavy atom. The molecule has 0 spiro atoms. The van der Waals surface area contributed by atoms with Gasteiger partial charge in [0.15, 0.2) is 0 Å². The maximum Gasteiger partial charge on any atom is 0.257 e. The third-order valence-corrected chi connectivity index (χ3v) is 4.06. The Labute approximate surface area is 104 Å². The van der Waals surface area contributed by atoms with Gasteiger partial charge in [-0.3, -0.25) is 4.79 Å². The lowest BCUT2D eigenvalue weighted by Crippen LogP contribution is -2.38. The molecule has 1 heterocycles. The lowest BCUT2D eigenvalue weighted by Gasteiger charge is -2.27. The average molecular weight is 254 g/mol. The summed E-state index contributed by atoms with van der Waals surface area (Å²) in [6.07, 6.45) is 3.33. The molecule has 2 fully saturated rings. The molecule has 2 bridgehead atoms. The Balaban J connectivity index is 1.89. The van der Waals surface area contributed by atoms with E-state index in [-0.39, 0.29) is 11.5 Å². The molecule has 1 aliphatic carbocycles. The van der Waals surface area contributed by atoms with Crippen LogP contribution in [0.4, 0.5) is 4.39 Å². The fourth-order valence-electron chi connectivity index (χ4n) is 2.99. The van der Waals surface area contributed by atoms with E-state index < -0.39 is 5.82 Å². The molecule has 1 amide bonds. The van der Waals surface area contributed by atoms with E-state index in [4.69, 9.17) is 11.6 Å². The Morgan fingerprint density at radius 1 is 1.41 bits per heavy atom. The quantitative estimate of drug-likeness (QED) is 0.753. The van der Waals surface area contributed by atoms with E-state index in [2.05, 4.69) is 0 Å². The molecule has 1 saturated carbocycles. The number of rotatable bonds is 1. The summed E-state index contributed by atoms with van der Waals surface area (Å²) in [4.78, 5) is 14.0. The summed E-state index contributed by atoms with van der Waals surface area (Å²) in [5, 5.41) is 0.402. The molecule has 0 N–H and O–H groups in total. The van der Waals surface area contributed by atoms with Crippen LogP contribution in [0.5, 0.6) is 0 Å². The first-order valence-electron chi connectivity index (χ1n) is 5.91. The SMILES string of the molecule is O=C(c1cc(Cl)ccc1F)N1CC2CCC1C2. The number of likely N-dealkylation sites (tertiary alicyclic amines) is 1. The highest BCUT2D eigenvalue weighted by Gasteiger charge is 2.40. The van der Waals surface area contributed by atoms with E-state index in [1.165, 1.54) is 24.6 Å². The van der Waals surface area contributed by atoms with E-state index in [9.17, 15) is 9.18 Å². The first-order chi connectivity index (χ1) is 8.15. The molecule has 3 rings (SSSR count). The van der Waals surface area contributed by atoms with Gasteiger partial charge in [0.05, 0.1) is 5.56 Å². The van der Waals surface area contributed by atoms with Crippen LogP contribution in [0.1, 0.15) is 29.6 Å². The smallest absolute Gasteiger partial charge is 0.257 e. The molecule has 2 nitrogen and oxygen atoms in total. The van der Waals surface area contributed by atoms with Crippen LogP contribution in [-0.2, 0) is 0 Å². The molecule has 1 aromatic rings. The van der Waals surface area contributed by atoms with Gasteiger partial charge in [-0.2, -0.15) is 0 Å². The lowest BCUT2D eigenvalue weighted by molar-refractivity contribution is 0.0699. The predicted molar refractivity (Wildman–Crippen MR) is 63.6 cm³/mol. The summed E-state index contributed by atoms with van der Waals surface area (Å²) < 4.78 is 13.6. The van der Waals surface area contributed by atoms with Crippen LogP contribution in [-0.4, -0.2) is 23.4 Å². The van der Waals surface area contributed by atoms with Crippen LogP contribution in [0.15, 0.2) is 18.2 Å². The van der Waals surface area contributed by atoms with Crippen molar-refractivity contribution < 1.29 is 9.18 Å². The number of amides is 1. The van der Waals surface area contributed by atoms with E-state index in [0.717, 1.165) is 19.4 Å². The van der Waals surface area contributed by atoms with Crippen molar-refractivity contribution in [3.8, 4) is 0 Å². The molecule has 90 valence electrons. The Kier molecular flexibility index (Phi) is 2.58. The molecule has 17 heavy (non-hydrogen) atoms. The Hall–Kier alpha value is -1.09. The van der Waals surface area contributed by atoms with Crippen LogP contribution in [0.25, 0.3) is 0 Å². The first kappa shape index (κ1) is 11.0. The third-order valence-electron chi connectivity index (χ3n) is 3.83. The highest BCUT2D eigenvalue weighted by Crippen LogP contribution is 2.38. The molecule has 1 aromatic carbocycles. The third kappa shape index (κ3) is 1.82. The minimum Gasteiger partial charge on any atom is -0.335 e. The molecule has 4 heteroatoms. The van der Waals surface area contributed by atoms with Gasteiger partial charge in [0.2, 0.25) is 0 Å². The normalized spacial score (nSPS) is 26.6. The molecule has 2 unspecified atom stereocenters. The van der Waals surface area contributed by atoms with Gasteiger partial charge in [0.1, 0.15) is 5.82 Å². The maximum absolute atomic E-state index is 13.6. The fourth-order valence-corrected chi connectivity index (χ4v) is 3.16. The number of fused-ring (bicyclic) bond motifs is 2. The van der Waals surface area contributed by atoms with E-state index >= 15 is 0 Å². The van der Waals surface area contributed by atoms with Crippen LogP contribution in [0, 0.1) is 11.7 Å². The number of benzene rings is 1.